The molecule has 0 atom stereocenters. The largest absolute Gasteiger partial charge is 0.506 e. The Bertz CT molecular complexity index is 627. The van der Waals surface area contributed by atoms with Gasteiger partial charge in [0.25, 0.3) is 0 Å². The third-order valence-electron chi connectivity index (χ3n) is 2.41. The number of hydrogen-bond donors (Lipinski definition) is 1. The minimum absolute atomic E-state index is 0.151. The Morgan fingerprint density at radius 3 is 2.84 bits per heavy atom. The van der Waals surface area contributed by atoms with E-state index in [1.54, 1.807) is 24.4 Å². The fourth-order valence-corrected chi connectivity index (χ4v) is 1.53. The van der Waals surface area contributed by atoms with E-state index in [1.165, 1.54) is 0 Å². The van der Waals surface area contributed by atoms with Gasteiger partial charge in [0.15, 0.2) is 0 Å². The summed E-state index contributed by atoms with van der Waals surface area (Å²) in [5.41, 5.74) is 1.40. The molecule has 2 rings (SSSR count). The highest BCUT2D eigenvalue weighted by molar-refractivity contribution is 5.83. The van der Waals surface area contributed by atoms with Gasteiger partial charge in [-0.15, -0.1) is 6.42 Å². The zero-order chi connectivity index (χ0) is 13.5. The van der Waals surface area contributed by atoms with Crippen molar-refractivity contribution in [2.45, 2.75) is 0 Å². The van der Waals surface area contributed by atoms with Gasteiger partial charge in [0.05, 0.1) is 0 Å². The van der Waals surface area contributed by atoms with Crippen LogP contribution in [0.5, 0.6) is 11.5 Å². The number of nitrogens with zero attached hydrogens (tertiary/aromatic N) is 1. The Balaban J connectivity index is 2.15. The van der Waals surface area contributed by atoms with Gasteiger partial charge in [-0.25, -0.2) is 0 Å². The second-order valence-corrected chi connectivity index (χ2v) is 3.81. The molecule has 3 nitrogen and oxygen atoms in total. The maximum Gasteiger partial charge on any atom is 0.148 e. The van der Waals surface area contributed by atoms with E-state index in [4.69, 9.17) is 11.2 Å². The number of aliphatic imine (C=N–C) groups is 1. The highest BCUT2D eigenvalue weighted by Crippen LogP contribution is 2.24. The van der Waals surface area contributed by atoms with E-state index in [0.29, 0.717) is 11.4 Å². The van der Waals surface area contributed by atoms with Crippen LogP contribution in [-0.2, 0) is 0 Å². The first-order valence-electron chi connectivity index (χ1n) is 5.78. The third-order valence-corrected chi connectivity index (χ3v) is 2.41. The van der Waals surface area contributed by atoms with Crippen LogP contribution >= 0.6 is 0 Å². The number of ether oxygens (including phenoxy) is 1. The summed E-state index contributed by atoms with van der Waals surface area (Å²) in [5.74, 6) is 3.26. The number of hydrogen-bond acceptors (Lipinski definition) is 3. The standard InChI is InChI=1S/C16H13NO2/c1-2-10-19-14-7-5-6-13(11-14)12-17-15-8-3-4-9-16(15)18/h1,3-9,11-12,18H,10H2. The first-order chi connectivity index (χ1) is 9.29. The number of benzene rings is 2. The van der Waals surface area contributed by atoms with Gasteiger partial charge >= 0.3 is 0 Å². The van der Waals surface area contributed by atoms with Crippen molar-refractivity contribution in [2.24, 2.45) is 4.99 Å². The fourth-order valence-electron chi connectivity index (χ4n) is 1.53. The maximum atomic E-state index is 9.60. The van der Waals surface area contributed by atoms with E-state index in [0.717, 1.165) is 5.56 Å². The van der Waals surface area contributed by atoms with Gasteiger partial charge in [0.1, 0.15) is 23.8 Å². The molecule has 0 spiro atoms. The maximum absolute atomic E-state index is 9.60. The minimum atomic E-state index is 0.151. The zero-order valence-corrected chi connectivity index (χ0v) is 10.3. The Morgan fingerprint density at radius 2 is 2.05 bits per heavy atom. The fraction of sp³-hybridized carbons (Fsp3) is 0.0625. The van der Waals surface area contributed by atoms with Crippen LogP contribution in [0.15, 0.2) is 53.5 Å². The molecule has 0 heterocycles. The number of aromatic hydroxyl groups is 1. The zero-order valence-electron chi connectivity index (χ0n) is 10.3. The van der Waals surface area contributed by atoms with Crippen LogP contribution in [0.2, 0.25) is 0 Å². The molecule has 0 bridgehead atoms. The van der Waals surface area contributed by atoms with Crippen molar-refractivity contribution >= 4 is 11.9 Å². The second kappa shape index (κ2) is 6.27. The highest BCUT2D eigenvalue weighted by Gasteiger charge is 1.97. The molecule has 3 heteroatoms. The number of rotatable bonds is 4. The minimum Gasteiger partial charge on any atom is -0.506 e. The summed E-state index contributed by atoms with van der Waals surface area (Å²) in [6, 6.07) is 14.3. The summed E-state index contributed by atoms with van der Waals surface area (Å²) in [6.07, 6.45) is 6.80. The lowest BCUT2D eigenvalue weighted by atomic mass is 10.2. The molecule has 0 fully saturated rings. The Hall–Kier alpha value is -2.73. The Labute approximate surface area is 112 Å². The lowest BCUT2D eigenvalue weighted by molar-refractivity contribution is 0.370. The van der Waals surface area contributed by atoms with Crippen LogP contribution in [0.4, 0.5) is 5.69 Å². The van der Waals surface area contributed by atoms with Crippen molar-refractivity contribution in [3.8, 4) is 23.8 Å². The van der Waals surface area contributed by atoms with Crippen molar-refractivity contribution in [3.63, 3.8) is 0 Å². The highest BCUT2D eigenvalue weighted by atomic mass is 16.5. The van der Waals surface area contributed by atoms with Crippen molar-refractivity contribution in [1.29, 1.82) is 0 Å². The molecule has 0 saturated heterocycles. The second-order valence-electron chi connectivity index (χ2n) is 3.81. The Kier molecular flexibility index (Phi) is 4.20. The monoisotopic (exact) mass is 251 g/mol. The summed E-state index contributed by atoms with van der Waals surface area (Å²) in [4.78, 5) is 4.23. The Morgan fingerprint density at radius 1 is 1.21 bits per heavy atom. The van der Waals surface area contributed by atoms with Gasteiger partial charge in [0.2, 0.25) is 0 Å². The molecule has 0 amide bonds. The van der Waals surface area contributed by atoms with Crippen molar-refractivity contribution < 1.29 is 9.84 Å². The SMILES string of the molecule is C#CCOc1cccc(C=Nc2ccccc2O)c1. The average Bonchev–Trinajstić information content (AvgIpc) is 2.45. The van der Waals surface area contributed by atoms with Crippen LogP contribution in [0.25, 0.3) is 0 Å². The number of phenols is 1. The smallest absolute Gasteiger partial charge is 0.148 e. The molecule has 2 aromatic rings. The third kappa shape index (κ3) is 3.62. The summed E-state index contributed by atoms with van der Waals surface area (Å²) in [7, 11) is 0. The number of terminal acetylenes is 1. The summed E-state index contributed by atoms with van der Waals surface area (Å²) in [5, 5.41) is 9.60. The first-order valence-corrected chi connectivity index (χ1v) is 5.78. The van der Waals surface area contributed by atoms with E-state index in [9.17, 15) is 5.11 Å². The van der Waals surface area contributed by atoms with E-state index in [1.807, 2.05) is 30.3 Å². The molecule has 0 saturated carbocycles. The quantitative estimate of drug-likeness (QED) is 0.670. The summed E-state index contributed by atoms with van der Waals surface area (Å²) < 4.78 is 5.32. The van der Waals surface area contributed by atoms with Crippen LogP contribution < -0.4 is 4.74 Å². The van der Waals surface area contributed by atoms with Crippen LogP contribution in [0.3, 0.4) is 0 Å². The van der Waals surface area contributed by atoms with E-state index >= 15 is 0 Å². The summed E-state index contributed by atoms with van der Waals surface area (Å²) >= 11 is 0. The van der Waals surface area contributed by atoms with E-state index in [-0.39, 0.29) is 12.4 Å². The number of phenolic OH excluding ortho intramolecular Hbond substituents is 1. The summed E-state index contributed by atoms with van der Waals surface area (Å²) in [6.45, 7) is 0.236. The predicted octanol–water partition coefficient (Wildman–Crippen LogP) is 3.15. The molecule has 0 aliphatic rings. The van der Waals surface area contributed by atoms with Gasteiger partial charge in [-0.3, -0.25) is 4.99 Å². The molecule has 94 valence electrons. The molecular formula is C16H13NO2. The predicted molar refractivity (Wildman–Crippen MR) is 76.1 cm³/mol. The van der Waals surface area contributed by atoms with Crippen molar-refractivity contribution in [3.05, 3.63) is 54.1 Å². The molecule has 0 aliphatic heterocycles. The van der Waals surface area contributed by atoms with Crippen molar-refractivity contribution in [2.75, 3.05) is 6.61 Å². The molecule has 0 unspecified atom stereocenters. The van der Waals surface area contributed by atoms with Gasteiger partial charge in [-0.1, -0.05) is 30.2 Å². The van der Waals surface area contributed by atoms with Gasteiger partial charge in [-0.2, -0.15) is 0 Å². The molecule has 0 aromatic heterocycles. The lowest BCUT2D eigenvalue weighted by Crippen LogP contribution is -1.93. The molecule has 19 heavy (non-hydrogen) atoms. The topological polar surface area (TPSA) is 41.8 Å². The normalized spacial score (nSPS) is 10.3. The van der Waals surface area contributed by atoms with Gasteiger partial charge < -0.3 is 9.84 Å². The van der Waals surface area contributed by atoms with Crippen LogP contribution in [0, 0.1) is 12.3 Å². The van der Waals surface area contributed by atoms with E-state index in [2.05, 4.69) is 10.9 Å². The molecular weight excluding hydrogens is 238 g/mol. The molecule has 1 N–H and O–H groups in total. The lowest BCUT2D eigenvalue weighted by Gasteiger charge is -2.02. The molecule has 0 radical (unpaired) electrons. The molecule has 2 aromatic carbocycles. The average molecular weight is 251 g/mol. The number of para-hydroxylation sites is 2. The molecule has 0 aliphatic carbocycles. The van der Waals surface area contributed by atoms with Crippen LogP contribution in [-0.4, -0.2) is 17.9 Å². The van der Waals surface area contributed by atoms with Gasteiger partial charge in [-0.05, 0) is 29.8 Å². The van der Waals surface area contributed by atoms with Crippen LogP contribution in [0.1, 0.15) is 5.56 Å². The first kappa shape index (κ1) is 12.7. The van der Waals surface area contributed by atoms with Gasteiger partial charge in [0, 0.05) is 6.21 Å². The van der Waals surface area contributed by atoms with E-state index < -0.39 is 0 Å². The van der Waals surface area contributed by atoms with Crippen molar-refractivity contribution in [1.82, 2.24) is 0 Å².